The summed E-state index contributed by atoms with van der Waals surface area (Å²) in [4.78, 5) is 50.9. The number of aliphatic carboxylic acids is 1. The molecule has 1 N–H and O–H groups in total. The van der Waals surface area contributed by atoms with Gasteiger partial charge in [-0.05, 0) is 49.4 Å². The Morgan fingerprint density at radius 2 is 1.31 bits per heavy atom. The second-order valence-corrected chi connectivity index (χ2v) is 12.2. The molecule has 0 saturated heterocycles. The van der Waals surface area contributed by atoms with Crippen LogP contribution in [0.3, 0.4) is 0 Å². The minimum Gasteiger partial charge on any atom is -0.491 e. The van der Waals surface area contributed by atoms with Gasteiger partial charge in [0.2, 0.25) is 0 Å². The first-order chi connectivity index (χ1) is 23.0. The van der Waals surface area contributed by atoms with E-state index in [2.05, 4.69) is 0 Å². The number of hydrogen-bond acceptors (Lipinski definition) is 10. The molecule has 0 aromatic heterocycles. The standard InChI is InChI=1S/C33H30F3NO9S2/c1-21-2-7-24(8-3-21)47-29-30(48-25-9-4-22(19-38)5-10-25)32(42)37(31(29)41)23-6-11-27(26(18-23)33(34,35)36)46-17-16-44-13-12-43-14-15-45-20-28(39)40/h2-11,18-19H,12-17,20H2,1H3,(H,39,40). The largest absolute Gasteiger partial charge is 0.491 e. The minimum absolute atomic E-state index is 0.0345. The van der Waals surface area contributed by atoms with Crippen molar-refractivity contribution in [1.29, 1.82) is 0 Å². The lowest BCUT2D eigenvalue weighted by Crippen LogP contribution is -2.31. The molecule has 48 heavy (non-hydrogen) atoms. The van der Waals surface area contributed by atoms with Crippen molar-refractivity contribution in [3.05, 3.63) is 93.2 Å². The van der Waals surface area contributed by atoms with Crippen LogP contribution in [0.25, 0.3) is 0 Å². The first kappa shape index (κ1) is 36.7. The Kier molecular flexibility index (Phi) is 13.2. The summed E-state index contributed by atoms with van der Waals surface area (Å²) in [5.74, 6) is -3.16. The van der Waals surface area contributed by atoms with E-state index >= 15 is 0 Å². The molecule has 0 saturated carbocycles. The summed E-state index contributed by atoms with van der Waals surface area (Å²) in [6, 6.07) is 16.5. The molecule has 1 aliphatic heterocycles. The maximum Gasteiger partial charge on any atom is 0.420 e. The molecule has 4 rings (SSSR count). The number of anilines is 1. The zero-order valence-corrected chi connectivity index (χ0v) is 27.1. The number of amides is 2. The van der Waals surface area contributed by atoms with E-state index < -0.39 is 41.9 Å². The summed E-state index contributed by atoms with van der Waals surface area (Å²) in [5.41, 5.74) is -0.0609. The smallest absolute Gasteiger partial charge is 0.420 e. The first-order valence-electron chi connectivity index (χ1n) is 14.4. The highest BCUT2D eigenvalue weighted by Gasteiger charge is 2.42. The maximum atomic E-state index is 14.2. The molecule has 15 heteroatoms. The predicted molar refractivity (Wildman–Crippen MR) is 171 cm³/mol. The van der Waals surface area contributed by atoms with E-state index in [0.29, 0.717) is 32.6 Å². The first-order valence-corrected chi connectivity index (χ1v) is 16.0. The normalized spacial score (nSPS) is 13.4. The maximum absolute atomic E-state index is 14.2. The molecule has 1 aliphatic rings. The predicted octanol–water partition coefficient (Wildman–Crippen LogP) is 6.01. The summed E-state index contributed by atoms with van der Waals surface area (Å²) in [6.07, 6.45) is -4.21. The van der Waals surface area contributed by atoms with Crippen LogP contribution in [0.5, 0.6) is 5.75 Å². The number of hydrogen-bond donors (Lipinski definition) is 1. The zero-order chi connectivity index (χ0) is 34.7. The second-order valence-electron chi connectivity index (χ2n) is 10.0. The van der Waals surface area contributed by atoms with E-state index in [1.165, 1.54) is 6.07 Å². The van der Waals surface area contributed by atoms with Crippen LogP contribution in [0.1, 0.15) is 21.5 Å². The molecule has 3 aromatic carbocycles. The van der Waals surface area contributed by atoms with Gasteiger partial charge in [-0.15, -0.1) is 0 Å². The van der Waals surface area contributed by atoms with Gasteiger partial charge in [0.15, 0.2) is 0 Å². The van der Waals surface area contributed by atoms with E-state index in [4.69, 9.17) is 24.1 Å². The highest BCUT2D eigenvalue weighted by Crippen LogP contribution is 2.45. The van der Waals surface area contributed by atoms with Crippen LogP contribution in [-0.4, -0.2) is 75.4 Å². The van der Waals surface area contributed by atoms with Gasteiger partial charge in [-0.3, -0.25) is 14.4 Å². The number of aldehydes is 1. The molecule has 0 unspecified atom stereocenters. The van der Waals surface area contributed by atoms with Gasteiger partial charge >= 0.3 is 12.1 Å². The number of nitrogens with zero attached hydrogens (tertiary/aromatic N) is 1. The number of carboxylic acid groups (broad SMARTS) is 1. The third-order valence-corrected chi connectivity index (χ3v) is 8.77. The number of halogens is 3. The zero-order valence-electron chi connectivity index (χ0n) is 25.5. The van der Waals surface area contributed by atoms with Crippen molar-refractivity contribution >= 4 is 53.3 Å². The number of ether oxygens (including phenoxy) is 4. The molecule has 10 nitrogen and oxygen atoms in total. The van der Waals surface area contributed by atoms with E-state index in [9.17, 15) is 32.3 Å². The lowest BCUT2D eigenvalue weighted by molar-refractivity contribution is -0.143. The topological polar surface area (TPSA) is 129 Å². The van der Waals surface area contributed by atoms with Gasteiger partial charge in [0.1, 0.15) is 25.2 Å². The van der Waals surface area contributed by atoms with Crippen molar-refractivity contribution < 1.29 is 56.4 Å². The van der Waals surface area contributed by atoms with Crippen molar-refractivity contribution in [3.8, 4) is 5.75 Å². The van der Waals surface area contributed by atoms with Gasteiger partial charge in [-0.1, -0.05) is 53.4 Å². The van der Waals surface area contributed by atoms with Crippen molar-refractivity contribution in [2.45, 2.75) is 22.9 Å². The number of carbonyl (C=O) groups excluding carboxylic acids is 3. The van der Waals surface area contributed by atoms with Crippen LogP contribution >= 0.6 is 23.5 Å². The third-order valence-electron chi connectivity index (χ3n) is 6.46. The molecular weight excluding hydrogens is 675 g/mol. The molecule has 0 fully saturated rings. The van der Waals surface area contributed by atoms with Crippen molar-refractivity contribution in [1.82, 2.24) is 0 Å². The van der Waals surface area contributed by atoms with Gasteiger partial charge in [0.05, 0.1) is 54.1 Å². The lowest BCUT2D eigenvalue weighted by atomic mass is 10.1. The third kappa shape index (κ3) is 10.2. The molecule has 0 atom stereocenters. The Balaban J connectivity index is 1.46. The highest BCUT2D eigenvalue weighted by molar-refractivity contribution is 8.08. The highest BCUT2D eigenvalue weighted by atomic mass is 32.2. The molecule has 2 amide bonds. The number of benzene rings is 3. The monoisotopic (exact) mass is 705 g/mol. The number of rotatable bonds is 18. The van der Waals surface area contributed by atoms with Crippen LogP contribution in [0.4, 0.5) is 18.9 Å². The van der Waals surface area contributed by atoms with Crippen LogP contribution in [-0.2, 0) is 34.8 Å². The van der Waals surface area contributed by atoms with Gasteiger partial charge in [-0.2, -0.15) is 13.2 Å². The van der Waals surface area contributed by atoms with Gasteiger partial charge in [0.25, 0.3) is 11.8 Å². The van der Waals surface area contributed by atoms with E-state index in [-0.39, 0.29) is 55.1 Å². The van der Waals surface area contributed by atoms with Gasteiger partial charge in [0, 0.05) is 15.4 Å². The van der Waals surface area contributed by atoms with E-state index in [0.717, 1.165) is 35.2 Å². The molecule has 3 aromatic rings. The van der Waals surface area contributed by atoms with E-state index in [1.807, 2.05) is 19.1 Å². The molecule has 0 radical (unpaired) electrons. The Morgan fingerprint density at radius 3 is 1.83 bits per heavy atom. The number of aryl methyl sites for hydroxylation is 1. The van der Waals surface area contributed by atoms with Gasteiger partial charge in [-0.25, -0.2) is 9.69 Å². The van der Waals surface area contributed by atoms with Crippen molar-refractivity contribution in [2.75, 3.05) is 51.1 Å². The van der Waals surface area contributed by atoms with E-state index in [1.54, 1.807) is 36.4 Å². The fourth-order valence-electron chi connectivity index (χ4n) is 4.17. The average molecular weight is 706 g/mol. The quantitative estimate of drug-likeness (QED) is 0.0950. The summed E-state index contributed by atoms with van der Waals surface area (Å²) in [5, 5.41) is 8.49. The summed E-state index contributed by atoms with van der Waals surface area (Å²) >= 11 is 2.02. The Hall–Kier alpha value is -4.15. The van der Waals surface area contributed by atoms with Crippen molar-refractivity contribution in [2.24, 2.45) is 0 Å². The number of carboxylic acids is 1. The van der Waals surface area contributed by atoms with Crippen LogP contribution < -0.4 is 9.64 Å². The number of carbonyl (C=O) groups is 4. The number of thioether (sulfide) groups is 2. The number of imide groups is 1. The lowest BCUT2D eigenvalue weighted by Gasteiger charge is -2.19. The molecule has 0 aliphatic carbocycles. The van der Waals surface area contributed by atoms with Crippen LogP contribution in [0, 0.1) is 6.92 Å². The van der Waals surface area contributed by atoms with Gasteiger partial charge < -0.3 is 24.1 Å². The SMILES string of the molecule is Cc1ccc(SC2=C(Sc3ccc(C=O)cc3)C(=O)N(c3ccc(OCCOCCOCCOCC(=O)O)c(C(F)(F)F)c3)C2=O)cc1. The molecule has 254 valence electrons. The fraction of sp³-hybridized carbons (Fsp3) is 0.273. The summed E-state index contributed by atoms with van der Waals surface area (Å²) in [6.45, 7) is 1.67. The molecule has 0 spiro atoms. The Morgan fingerprint density at radius 1 is 0.792 bits per heavy atom. The fourth-order valence-corrected chi connectivity index (χ4v) is 6.16. The molecular formula is C33H30F3NO9S2. The Labute approximate surface area is 282 Å². The minimum atomic E-state index is -4.88. The number of alkyl halides is 3. The molecule has 0 bridgehead atoms. The van der Waals surface area contributed by atoms with Crippen LogP contribution in [0.2, 0.25) is 0 Å². The van der Waals surface area contributed by atoms with Crippen LogP contribution in [0.15, 0.2) is 86.3 Å². The summed E-state index contributed by atoms with van der Waals surface area (Å²) in [7, 11) is 0. The van der Waals surface area contributed by atoms with Crippen molar-refractivity contribution in [3.63, 3.8) is 0 Å². The summed E-state index contributed by atoms with van der Waals surface area (Å²) < 4.78 is 63.2. The second kappa shape index (κ2) is 17.3. The molecule has 1 heterocycles. The Bertz CT molecular complexity index is 1650. The average Bonchev–Trinajstić information content (AvgIpc) is 3.28.